The number of sulfone groups is 1. The van der Waals surface area contributed by atoms with Crippen LogP contribution in [0, 0.1) is 12.8 Å². The lowest BCUT2D eigenvalue weighted by atomic mass is 10.1. The van der Waals surface area contributed by atoms with Gasteiger partial charge in [0.15, 0.2) is 9.84 Å². The molecule has 0 bridgehead atoms. The fraction of sp³-hybridized carbons (Fsp3) is 0.467. The Kier molecular flexibility index (Phi) is 4.52. The summed E-state index contributed by atoms with van der Waals surface area (Å²) < 4.78 is 61.1. The van der Waals surface area contributed by atoms with Crippen molar-refractivity contribution in [3.8, 4) is 0 Å². The number of nitrogens with one attached hydrogen (secondary N) is 1. The first kappa shape index (κ1) is 18.1. The van der Waals surface area contributed by atoms with Crippen molar-refractivity contribution in [3.63, 3.8) is 0 Å². The number of alkyl halides is 3. The van der Waals surface area contributed by atoms with Crippen LogP contribution in [0.5, 0.6) is 0 Å². The van der Waals surface area contributed by atoms with Gasteiger partial charge in [-0.25, -0.2) is 13.4 Å². The van der Waals surface area contributed by atoms with Crippen LogP contribution in [0.1, 0.15) is 27.3 Å². The van der Waals surface area contributed by atoms with Gasteiger partial charge in [-0.2, -0.15) is 13.2 Å². The molecular formula is C15H15F3N2O3S2. The van der Waals surface area contributed by atoms with E-state index in [0.717, 1.165) is 17.4 Å². The van der Waals surface area contributed by atoms with Crippen LogP contribution in [0.4, 0.5) is 13.2 Å². The Morgan fingerprint density at radius 3 is 2.72 bits per heavy atom. The molecule has 1 N–H and O–H groups in total. The zero-order valence-electron chi connectivity index (χ0n) is 13.2. The molecule has 1 aliphatic rings. The molecule has 2 aromatic rings. The van der Waals surface area contributed by atoms with Crippen molar-refractivity contribution in [3.05, 3.63) is 28.3 Å². The predicted molar refractivity (Wildman–Crippen MR) is 88.5 cm³/mol. The number of fused-ring (bicyclic) bond motifs is 1. The van der Waals surface area contributed by atoms with Crippen LogP contribution in [0.2, 0.25) is 0 Å². The lowest BCUT2D eigenvalue weighted by molar-refractivity contribution is -0.140. The number of halogens is 3. The first-order valence-corrected chi connectivity index (χ1v) is 10.2. The number of hydrogen-bond donors (Lipinski definition) is 1. The molecule has 1 fully saturated rings. The minimum atomic E-state index is -4.54. The lowest BCUT2D eigenvalue weighted by Gasteiger charge is -2.09. The Morgan fingerprint density at radius 1 is 1.40 bits per heavy atom. The summed E-state index contributed by atoms with van der Waals surface area (Å²) in [5.41, 5.74) is -0.429. The van der Waals surface area contributed by atoms with Gasteiger partial charge >= 0.3 is 6.18 Å². The molecule has 0 radical (unpaired) electrons. The fourth-order valence-electron chi connectivity index (χ4n) is 2.82. The van der Waals surface area contributed by atoms with E-state index in [0.29, 0.717) is 22.2 Å². The molecule has 1 atom stereocenters. The van der Waals surface area contributed by atoms with Gasteiger partial charge in [0.25, 0.3) is 5.91 Å². The molecule has 25 heavy (non-hydrogen) atoms. The van der Waals surface area contributed by atoms with Crippen molar-refractivity contribution in [2.24, 2.45) is 5.92 Å². The largest absolute Gasteiger partial charge is 0.433 e. The Morgan fingerprint density at radius 2 is 2.12 bits per heavy atom. The molecule has 2 aromatic heterocycles. The molecule has 1 saturated heterocycles. The first-order valence-electron chi connectivity index (χ1n) is 7.53. The third-order valence-corrected chi connectivity index (χ3v) is 7.22. The van der Waals surface area contributed by atoms with E-state index in [2.05, 4.69) is 10.3 Å². The lowest BCUT2D eigenvalue weighted by Crippen LogP contribution is -2.29. The Balaban J connectivity index is 1.78. The summed E-state index contributed by atoms with van der Waals surface area (Å²) in [5, 5.41) is 3.19. The predicted octanol–water partition coefficient (Wildman–Crippen LogP) is 2.79. The van der Waals surface area contributed by atoms with E-state index in [1.807, 2.05) is 0 Å². The highest BCUT2D eigenvalue weighted by Gasteiger charge is 2.33. The zero-order valence-corrected chi connectivity index (χ0v) is 14.8. The normalized spacial score (nSPS) is 20.1. The Hall–Kier alpha value is -1.68. The highest BCUT2D eigenvalue weighted by Crippen LogP contribution is 2.34. The second kappa shape index (κ2) is 6.24. The second-order valence-electron chi connectivity index (χ2n) is 6.08. The monoisotopic (exact) mass is 392 g/mol. The highest BCUT2D eigenvalue weighted by atomic mass is 32.2. The number of aromatic nitrogens is 1. The van der Waals surface area contributed by atoms with Gasteiger partial charge in [0.05, 0.1) is 16.4 Å². The fourth-order valence-corrected chi connectivity index (χ4v) is 5.78. The van der Waals surface area contributed by atoms with Crippen LogP contribution in [0.3, 0.4) is 0 Å². The van der Waals surface area contributed by atoms with Gasteiger partial charge in [0, 0.05) is 11.9 Å². The average molecular weight is 392 g/mol. The third-order valence-electron chi connectivity index (χ3n) is 4.18. The maximum absolute atomic E-state index is 12.8. The zero-order chi connectivity index (χ0) is 18.4. The minimum absolute atomic E-state index is 0.0508. The number of hydrogen-bond acceptors (Lipinski definition) is 5. The van der Waals surface area contributed by atoms with Crippen molar-refractivity contribution in [2.75, 3.05) is 18.1 Å². The highest BCUT2D eigenvalue weighted by molar-refractivity contribution is 7.91. The molecule has 0 saturated carbocycles. The molecule has 5 nitrogen and oxygen atoms in total. The van der Waals surface area contributed by atoms with Crippen LogP contribution in [-0.2, 0) is 16.0 Å². The topological polar surface area (TPSA) is 76.1 Å². The number of nitrogens with zero attached hydrogens (tertiary/aromatic N) is 1. The van der Waals surface area contributed by atoms with Crippen LogP contribution < -0.4 is 5.32 Å². The first-order chi connectivity index (χ1) is 11.6. The molecular weight excluding hydrogens is 377 g/mol. The molecule has 0 aromatic carbocycles. The SMILES string of the molecule is Cc1c(C(=O)NCC2CCS(=O)(=O)C2)sc2nc(C(F)(F)F)ccc12. The van der Waals surface area contributed by atoms with E-state index >= 15 is 0 Å². The van der Waals surface area contributed by atoms with Crippen molar-refractivity contribution in [1.29, 1.82) is 0 Å². The van der Waals surface area contributed by atoms with Crippen molar-refractivity contribution in [2.45, 2.75) is 19.5 Å². The van der Waals surface area contributed by atoms with Crippen LogP contribution in [0.15, 0.2) is 12.1 Å². The van der Waals surface area contributed by atoms with E-state index in [-0.39, 0.29) is 28.8 Å². The number of thiophene rings is 1. The van der Waals surface area contributed by atoms with Crippen LogP contribution >= 0.6 is 11.3 Å². The van der Waals surface area contributed by atoms with Crippen molar-refractivity contribution >= 4 is 37.3 Å². The van der Waals surface area contributed by atoms with E-state index in [1.54, 1.807) is 6.92 Å². The Bertz CT molecular complexity index is 935. The van der Waals surface area contributed by atoms with Crippen molar-refractivity contribution < 1.29 is 26.4 Å². The average Bonchev–Trinajstić information content (AvgIpc) is 3.03. The van der Waals surface area contributed by atoms with Crippen LogP contribution in [0.25, 0.3) is 10.2 Å². The number of amides is 1. The van der Waals surface area contributed by atoms with Gasteiger partial charge in [0.2, 0.25) is 0 Å². The van der Waals surface area contributed by atoms with Gasteiger partial charge in [-0.05, 0) is 37.0 Å². The van der Waals surface area contributed by atoms with Gasteiger partial charge in [-0.3, -0.25) is 4.79 Å². The number of aryl methyl sites for hydroxylation is 1. The number of pyridine rings is 1. The molecule has 3 heterocycles. The summed E-state index contributed by atoms with van der Waals surface area (Å²) in [6, 6.07) is 2.21. The molecule has 136 valence electrons. The second-order valence-corrected chi connectivity index (χ2v) is 9.31. The third kappa shape index (κ3) is 3.79. The molecule has 0 aliphatic carbocycles. The van der Waals surface area contributed by atoms with Gasteiger partial charge < -0.3 is 5.32 Å². The maximum atomic E-state index is 12.8. The summed E-state index contributed by atoms with van der Waals surface area (Å²) in [4.78, 5) is 16.4. The molecule has 10 heteroatoms. The number of rotatable bonds is 3. The number of carbonyl (C=O) groups is 1. The summed E-state index contributed by atoms with van der Waals surface area (Å²) in [6.07, 6.45) is -4.03. The molecule has 0 spiro atoms. The molecule has 1 amide bonds. The summed E-state index contributed by atoms with van der Waals surface area (Å²) in [6.45, 7) is 1.88. The van der Waals surface area contributed by atoms with E-state index in [4.69, 9.17) is 0 Å². The van der Waals surface area contributed by atoms with Gasteiger partial charge in [-0.1, -0.05) is 0 Å². The molecule has 3 rings (SSSR count). The molecule has 1 unspecified atom stereocenters. The Labute approximate surface area is 146 Å². The summed E-state index contributed by atoms with van der Waals surface area (Å²) in [5.74, 6) is -0.369. The summed E-state index contributed by atoms with van der Waals surface area (Å²) in [7, 11) is -3.02. The maximum Gasteiger partial charge on any atom is 0.433 e. The van der Waals surface area contributed by atoms with Gasteiger partial charge in [0.1, 0.15) is 10.5 Å². The summed E-state index contributed by atoms with van der Waals surface area (Å²) >= 11 is 0.903. The van der Waals surface area contributed by atoms with E-state index in [1.165, 1.54) is 6.07 Å². The van der Waals surface area contributed by atoms with Gasteiger partial charge in [-0.15, -0.1) is 11.3 Å². The molecule has 1 aliphatic heterocycles. The number of carbonyl (C=O) groups excluding carboxylic acids is 1. The minimum Gasteiger partial charge on any atom is -0.351 e. The standard InChI is InChI=1S/C15H15F3N2O3S2/c1-8-10-2-3-11(15(16,17)18)20-14(10)24-12(8)13(21)19-6-9-4-5-25(22,23)7-9/h2-3,9H,4-7H2,1H3,(H,19,21). The van der Waals surface area contributed by atoms with Crippen molar-refractivity contribution in [1.82, 2.24) is 10.3 Å². The van der Waals surface area contributed by atoms with Crippen LogP contribution in [-0.4, -0.2) is 37.4 Å². The van der Waals surface area contributed by atoms with E-state index < -0.39 is 27.6 Å². The smallest absolute Gasteiger partial charge is 0.351 e. The van der Waals surface area contributed by atoms with E-state index in [9.17, 15) is 26.4 Å². The quantitative estimate of drug-likeness (QED) is 0.872.